The molecule has 0 aliphatic carbocycles. The summed E-state index contributed by atoms with van der Waals surface area (Å²) in [4.78, 5) is 11.5. The molecule has 19 heavy (non-hydrogen) atoms. The van der Waals surface area contributed by atoms with E-state index < -0.39 is 0 Å². The fourth-order valence-corrected chi connectivity index (χ4v) is 1.54. The van der Waals surface area contributed by atoms with Crippen LogP contribution in [-0.4, -0.2) is 24.7 Å². The highest BCUT2D eigenvalue weighted by molar-refractivity contribution is 6.31. The first-order chi connectivity index (χ1) is 8.78. The third-order valence-corrected chi connectivity index (χ3v) is 2.70. The molecule has 4 nitrogen and oxygen atoms in total. The molecule has 0 atom stereocenters. The van der Waals surface area contributed by atoms with E-state index in [4.69, 9.17) is 16.3 Å². The Morgan fingerprint density at radius 1 is 1.37 bits per heavy atom. The number of rotatable bonds is 4. The number of carbonyl (C=O) groups excluding carboxylic acids is 1. The maximum absolute atomic E-state index is 11.5. The number of hydrogen-bond donors (Lipinski definition) is 2. The van der Waals surface area contributed by atoms with Crippen LogP contribution in [0.2, 0.25) is 5.02 Å². The van der Waals surface area contributed by atoms with Crippen molar-refractivity contribution >= 4 is 17.6 Å². The molecule has 0 heterocycles. The van der Waals surface area contributed by atoms with E-state index >= 15 is 0 Å². The van der Waals surface area contributed by atoms with Crippen LogP contribution in [0.5, 0.6) is 5.75 Å². The highest BCUT2D eigenvalue weighted by Crippen LogP contribution is 2.20. The molecule has 106 valence electrons. The fourth-order valence-electron chi connectivity index (χ4n) is 1.43. The van der Waals surface area contributed by atoms with E-state index in [1.165, 1.54) is 0 Å². The predicted molar refractivity (Wildman–Crippen MR) is 78.0 cm³/mol. The van der Waals surface area contributed by atoms with Gasteiger partial charge in [-0.05, 0) is 51.5 Å². The lowest BCUT2D eigenvalue weighted by Crippen LogP contribution is -2.47. The van der Waals surface area contributed by atoms with E-state index in [0.717, 1.165) is 16.3 Å². The average molecular weight is 285 g/mol. The molecule has 2 N–H and O–H groups in total. The highest BCUT2D eigenvalue weighted by Gasteiger charge is 2.12. The number of carbonyl (C=O) groups is 1. The normalized spacial score (nSPS) is 11.0. The fraction of sp³-hybridized carbons (Fsp3) is 0.500. The molecule has 0 unspecified atom stereocenters. The molecule has 0 aliphatic rings. The van der Waals surface area contributed by atoms with E-state index in [-0.39, 0.29) is 11.6 Å². The molecule has 0 radical (unpaired) electrons. The van der Waals surface area contributed by atoms with Crippen LogP contribution in [0, 0.1) is 6.92 Å². The van der Waals surface area contributed by atoms with Crippen LogP contribution in [0.25, 0.3) is 0 Å². The Morgan fingerprint density at radius 2 is 2.05 bits per heavy atom. The molecule has 0 bridgehead atoms. The summed E-state index contributed by atoms with van der Waals surface area (Å²) in [7, 11) is 0. The maximum atomic E-state index is 11.5. The number of aryl methyl sites for hydroxylation is 1. The van der Waals surface area contributed by atoms with Gasteiger partial charge in [0.05, 0.1) is 6.54 Å². The highest BCUT2D eigenvalue weighted by atomic mass is 35.5. The molecule has 0 aromatic heterocycles. The van der Waals surface area contributed by atoms with Gasteiger partial charge in [0.25, 0.3) is 0 Å². The smallest absolute Gasteiger partial charge is 0.315 e. The summed E-state index contributed by atoms with van der Waals surface area (Å²) in [6, 6.07) is 5.29. The van der Waals surface area contributed by atoms with Gasteiger partial charge in [0.1, 0.15) is 12.4 Å². The van der Waals surface area contributed by atoms with Crippen molar-refractivity contribution in [2.45, 2.75) is 33.2 Å². The van der Waals surface area contributed by atoms with Gasteiger partial charge < -0.3 is 15.4 Å². The van der Waals surface area contributed by atoms with Gasteiger partial charge in [-0.1, -0.05) is 11.6 Å². The molecular formula is C14H21ClN2O2. The van der Waals surface area contributed by atoms with Crippen LogP contribution >= 0.6 is 11.6 Å². The lowest BCUT2D eigenvalue weighted by molar-refractivity contribution is 0.228. The Balaban J connectivity index is 2.27. The van der Waals surface area contributed by atoms with Gasteiger partial charge in [-0.3, -0.25) is 0 Å². The van der Waals surface area contributed by atoms with Crippen molar-refractivity contribution in [1.82, 2.24) is 10.6 Å². The van der Waals surface area contributed by atoms with E-state index in [0.29, 0.717) is 13.2 Å². The zero-order valence-electron chi connectivity index (χ0n) is 11.8. The monoisotopic (exact) mass is 284 g/mol. The molecule has 0 fully saturated rings. The average Bonchev–Trinajstić information content (AvgIpc) is 2.27. The van der Waals surface area contributed by atoms with Crippen molar-refractivity contribution in [1.29, 1.82) is 0 Å². The molecule has 0 saturated carbocycles. The van der Waals surface area contributed by atoms with Crippen molar-refractivity contribution in [2.24, 2.45) is 0 Å². The molecular weight excluding hydrogens is 264 g/mol. The molecule has 0 saturated heterocycles. The third kappa shape index (κ3) is 6.34. The number of benzene rings is 1. The van der Waals surface area contributed by atoms with E-state index in [1.54, 1.807) is 6.07 Å². The largest absolute Gasteiger partial charge is 0.492 e. The van der Waals surface area contributed by atoms with Gasteiger partial charge in [0.15, 0.2) is 0 Å². The lowest BCUT2D eigenvalue weighted by Gasteiger charge is -2.20. The molecule has 1 aromatic rings. The van der Waals surface area contributed by atoms with Crippen molar-refractivity contribution in [3.05, 3.63) is 28.8 Å². The Kier molecular flexibility index (Phi) is 5.48. The Hall–Kier alpha value is -1.42. The lowest BCUT2D eigenvalue weighted by atomic mass is 10.1. The van der Waals surface area contributed by atoms with Gasteiger partial charge in [0.2, 0.25) is 0 Å². The van der Waals surface area contributed by atoms with Gasteiger partial charge in [-0.2, -0.15) is 0 Å². The van der Waals surface area contributed by atoms with E-state index in [1.807, 2.05) is 39.8 Å². The Bertz CT molecular complexity index is 442. The van der Waals surface area contributed by atoms with Crippen LogP contribution in [-0.2, 0) is 0 Å². The van der Waals surface area contributed by atoms with Gasteiger partial charge in [-0.15, -0.1) is 0 Å². The minimum Gasteiger partial charge on any atom is -0.492 e. The number of urea groups is 1. The van der Waals surface area contributed by atoms with Crippen molar-refractivity contribution in [3.63, 3.8) is 0 Å². The zero-order valence-corrected chi connectivity index (χ0v) is 12.6. The summed E-state index contributed by atoms with van der Waals surface area (Å²) in [6.45, 7) is 8.57. The first-order valence-corrected chi connectivity index (χ1v) is 6.61. The molecule has 0 aliphatic heterocycles. The van der Waals surface area contributed by atoms with Crippen molar-refractivity contribution < 1.29 is 9.53 Å². The summed E-state index contributed by atoms with van der Waals surface area (Å²) in [6.07, 6.45) is 0. The summed E-state index contributed by atoms with van der Waals surface area (Å²) >= 11 is 5.92. The number of ether oxygens (including phenoxy) is 1. The Labute approximate surface area is 119 Å². The Morgan fingerprint density at radius 3 is 2.63 bits per heavy atom. The second kappa shape index (κ2) is 6.66. The molecule has 5 heteroatoms. The zero-order chi connectivity index (χ0) is 14.5. The SMILES string of the molecule is Cc1cc(OCCNC(=O)NC(C)(C)C)ccc1Cl. The minimum absolute atomic E-state index is 0.191. The van der Waals surface area contributed by atoms with Gasteiger partial charge in [-0.25, -0.2) is 4.79 Å². The summed E-state index contributed by atoms with van der Waals surface area (Å²) < 4.78 is 5.52. The van der Waals surface area contributed by atoms with Gasteiger partial charge >= 0.3 is 6.03 Å². The van der Waals surface area contributed by atoms with Crippen LogP contribution < -0.4 is 15.4 Å². The first kappa shape index (κ1) is 15.6. The number of hydrogen-bond acceptors (Lipinski definition) is 2. The summed E-state index contributed by atoms with van der Waals surface area (Å²) in [5.74, 6) is 0.750. The van der Waals surface area contributed by atoms with Crippen LogP contribution in [0.3, 0.4) is 0 Å². The van der Waals surface area contributed by atoms with Crippen LogP contribution in [0.15, 0.2) is 18.2 Å². The molecule has 2 amide bonds. The van der Waals surface area contributed by atoms with Crippen LogP contribution in [0.1, 0.15) is 26.3 Å². The molecule has 1 rings (SSSR count). The topological polar surface area (TPSA) is 50.4 Å². The number of halogens is 1. The molecule has 0 spiro atoms. The molecule has 1 aromatic carbocycles. The second-order valence-electron chi connectivity index (χ2n) is 5.39. The minimum atomic E-state index is -0.238. The summed E-state index contributed by atoms with van der Waals surface area (Å²) in [5, 5.41) is 6.26. The second-order valence-corrected chi connectivity index (χ2v) is 5.80. The van der Waals surface area contributed by atoms with Crippen molar-refractivity contribution in [3.8, 4) is 5.75 Å². The van der Waals surface area contributed by atoms with E-state index in [9.17, 15) is 4.79 Å². The number of nitrogens with one attached hydrogen (secondary N) is 2. The predicted octanol–water partition coefficient (Wildman–Crippen LogP) is 3.12. The maximum Gasteiger partial charge on any atom is 0.315 e. The van der Waals surface area contributed by atoms with Crippen molar-refractivity contribution in [2.75, 3.05) is 13.2 Å². The van der Waals surface area contributed by atoms with Gasteiger partial charge in [0, 0.05) is 10.6 Å². The summed E-state index contributed by atoms with van der Waals surface area (Å²) in [5.41, 5.74) is 0.732. The first-order valence-electron chi connectivity index (χ1n) is 6.23. The number of amides is 2. The van der Waals surface area contributed by atoms with Crippen LogP contribution in [0.4, 0.5) is 4.79 Å². The third-order valence-electron chi connectivity index (χ3n) is 2.27. The standard InChI is InChI=1S/C14H21ClN2O2/c1-10-9-11(5-6-12(10)15)19-8-7-16-13(18)17-14(2,3)4/h5-6,9H,7-8H2,1-4H3,(H2,16,17,18). The quantitative estimate of drug-likeness (QED) is 0.835. The van der Waals surface area contributed by atoms with E-state index in [2.05, 4.69) is 10.6 Å².